The normalized spacial score (nSPS) is 18.4. The fraction of sp³-hybridized carbons (Fsp3) is 0.385. The van der Waals surface area contributed by atoms with Crippen molar-refractivity contribution in [2.24, 2.45) is 0 Å². The number of hydrogen-bond acceptors (Lipinski definition) is 3. The average Bonchev–Trinajstić information content (AvgIpc) is 2.26. The first-order valence-corrected chi connectivity index (χ1v) is 5.56. The Balaban J connectivity index is 2.27. The number of carbonyl (C=O) groups excluding carboxylic acids is 1. The number of piperazine rings is 1. The molecular weight excluding hydrogens is 214 g/mol. The van der Waals surface area contributed by atoms with E-state index in [0.717, 1.165) is 12.2 Å². The van der Waals surface area contributed by atoms with Crippen molar-refractivity contribution in [2.75, 3.05) is 18.0 Å². The van der Waals surface area contributed by atoms with Crippen molar-refractivity contribution in [3.05, 3.63) is 29.8 Å². The number of rotatable bonds is 1. The van der Waals surface area contributed by atoms with Crippen molar-refractivity contribution >= 4 is 11.6 Å². The van der Waals surface area contributed by atoms with E-state index in [-0.39, 0.29) is 11.4 Å². The molecule has 1 amide bonds. The number of hydrogen-bond donors (Lipinski definition) is 1. The quantitative estimate of drug-likeness (QED) is 0.789. The molecule has 0 spiro atoms. The van der Waals surface area contributed by atoms with Crippen LogP contribution in [-0.2, 0) is 4.79 Å². The molecule has 4 heteroatoms. The van der Waals surface area contributed by atoms with Gasteiger partial charge in [-0.1, -0.05) is 6.07 Å². The molecule has 1 saturated heterocycles. The lowest BCUT2D eigenvalue weighted by Gasteiger charge is -2.39. The predicted molar refractivity (Wildman–Crippen MR) is 65.6 cm³/mol. The van der Waals surface area contributed by atoms with E-state index < -0.39 is 0 Å². The van der Waals surface area contributed by atoms with E-state index in [1.165, 1.54) is 0 Å². The zero-order valence-corrected chi connectivity index (χ0v) is 10.0. The third kappa shape index (κ3) is 2.56. The van der Waals surface area contributed by atoms with Crippen LogP contribution in [0.25, 0.3) is 0 Å². The van der Waals surface area contributed by atoms with Gasteiger partial charge in [0, 0.05) is 12.2 Å². The van der Waals surface area contributed by atoms with Crippen LogP contribution in [0.2, 0.25) is 0 Å². The van der Waals surface area contributed by atoms with Crippen LogP contribution in [0.1, 0.15) is 19.4 Å². The third-order valence-corrected chi connectivity index (χ3v) is 2.74. The Bertz CT molecular complexity index is 488. The number of carbonyl (C=O) groups is 1. The predicted octanol–water partition coefficient (Wildman–Crippen LogP) is 1.27. The second kappa shape index (κ2) is 4.10. The molecule has 0 atom stereocenters. The fourth-order valence-corrected chi connectivity index (χ4v) is 2.12. The van der Waals surface area contributed by atoms with E-state index in [1.807, 2.05) is 36.9 Å². The van der Waals surface area contributed by atoms with Gasteiger partial charge >= 0.3 is 0 Å². The highest BCUT2D eigenvalue weighted by Gasteiger charge is 2.30. The minimum absolute atomic E-state index is 0.0172. The molecule has 1 aliphatic heterocycles. The van der Waals surface area contributed by atoms with Gasteiger partial charge in [-0.15, -0.1) is 0 Å². The number of benzene rings is 1. The van der Waals surface area contributed by atoms with Crippen LogP contribution in [0, 0.1) is 11.3 Å². The van der Waals surface area contributed by atoms with E-state index in [4.69, 9.17) is 5.26 Å². The fourth-order valence-electron chi connectivity index (χ4n) is 2.12. The summed E-state index contributed by atoms with van der Waals surface area (Å²) in [5.41, 5.74) is 1.30. The highest BCUT2D eigenvalue weighted by atomic mass is 16.2. The first-order valence-electron chi connectivity index (χ1n) is 5.56. The van der Waals surface area contributed by atoms with Crippen LogP contribution < -0.4 is 10.2 Å². The van der Waals surface area contributed by atoms with Crippen LogP contribution in [0.4, 0.5) is 5.69 Å². The Morgan fingerprint density at radius 3 is 2.88 bits per heavy atom. The van der Waals surface area contributed by atoms with Gasteiger partial charge in [0.2, 0.25) is 5.91 Å². The van der Waals surface area contributed by atoms with E-state index in [1.54, 1.807) is 6.07 Å². The summed E-state index contributed by atoms with van der Waals surface area (Å²) in [4.78, 5) is 13.6. The van der Waals surface area contributed by atoms with Crippen LogP contribution in [0.5, 0.6) is 0 Å². The Morgan fingerprint density at radius 1 is 1.47 bits per heavy atom. The maximum Gasteiger partial charge on any atom is 0.239 e. The van der Waals surface area contributed by atoms with Crippen molar-refractivity contribution in [2.45, 2.75) is 19.4 Å². The summed E-state index contributed by atoms with van der Waals surface area (Å²) in [6.07, 6.45) is 0. The summed E-state index contributed by atoms with van der Waals surface area (Å²) in [5, 5.41) is 11.8. The highest BCUT2D eigenvalue weighted by Crippen LogP contribution is 2.21. The van der Waals surface area contributed by atoms with Crippen LogP contribution in [0.15, 0.2) is 24.3 Å². The molecule has 1 aliphatic rings. The van der Waals surface area contributed by atoms with Gasteiger partial charge in [0.15, 0.2) is 0 Å². The third-order valence-electron chi connectivity index (χ3n) is 2.74. The summed E-state index contributed by atoms with van der Waals surface area (Å²) in [6, 6.07) is 9.45. The zero-order valence-electron chi connectivity index (χ0n) is 10.0. The zero-order chi connectivity index (χ0) is 12.5. The molecule has 0 saturated carbocycles. The Morgan fingerprint density at radius 2 is 2.24 bits per heavy atom. The lowest BCUT2D eigenvalue weighted by atomic mass is 10.0. The summed E-state index contributed by atoms with van der Waals surface area (Å²) < 4.78 is 0. The van der Waals surface area contributed by atoms with Gasteiger partial charge in [-0.2, -0.15) is 5.26 Å². The van der Waals surface area contributed by atoms with E-state index >= 15 is 0 Å². The Hall–Kier alpha value is -2.02. The summed E-state index contributed by atoms with van der Waals surface area (Å²) >= 11 is 0. The standard InChI is InChI=1S/C13H15N3O/c1-13(2)9-16(8-12(17)15-13)11-5-3-4-10(6-11)7-14/h3-6H,8-9H2,1-2H3,(H,15,17). The second-order valence-corrected chi connectivity index (χ2v) is 4.95. The minimum atomic E-state index is -0.238. The van der Waals surface area contributed by atoms with Crippen LogP contribution >= 0.6 is 0 Å². The average molecular weight is 229 g/mol. The maximum atomic E-state index is 11.6. The largest absolute Gasteiger partial charge is 0.360 e. The van der Waals surface area contributed by atoms with E-state index in [2.05, 4.69) is 11.4 Å². The first-order chi connectivity index (χ1) is 8.00. The van der Waals surface area contributed by atoms with Crippen molar-refractivity contribution in [1.29, 1.82) is 5.26 Å². The molecule has 0 unspecified atom stereocenters. The van der Waals surface area contributed by atoms with Gasteiger partial charge in [-0.05, 0) is 32.0 Å². The van der Waals surface area contributed by atoms with Crippen LogP contribution in [-0.4, -0.2) is 24.5 Å². The molecule has 1 aromatic rings. The summed E-state index contributed by atoms with van der Waals surface area (Å²) in [5.74, 6) is 0.0172. The molecule has 88 valence electrons. The number of amides is 1. The monoisotopic (exact) mass is 229 g/mol. The molecule has 17 heavy (non-hydrogen) atoms. The molecule has 0 radical (unpaired) electrons. The molecule has 0 aliphatic carbocycles. The molecule has 0 aromatic heterocycles. The molecule has 0 bridgehead atoms. The number of nitrogens with one attached hydrogen (secondary N) is 1. The molecule has 4 nitrogen and oxygen atoms in total. The van der Waals surface area contributed by atoms with Crippen molar-refractivity contribution in [3.8, 4) is 6.07 Å². The SMILES string of the molecule is CC1(C)CN(c2cccc(C#N)c2)CC(=O)N1. The second-order valence-electron chi connectivity index (χ2n) is 4.95. The lowest BCUT2D eigenvalue weighted by Crippen LogP contribution is -2.60. The molecule has 2 rings (SSSR count). The molecule has 1 heterocycles. The van der Waals surface area contributed by atoms with Gasteiger partial charge in [0.05, 0.1) is 23.7 Å². The first kappa shape index (κ1) is 11.5. The van der Waals surface area contributed by atoms with Gasteiger partial charge < -0.3 is 10.2 Å². The van der Waals surface area contributed by atoms with Crippen molar-refractivity contribution < 1.29 is 4.79 Å². The Kier molecular flexibility index (Phi) is 2.76. The number of nitriles is 1. The molecular formula is C13H15N3O. The summed E-state index contributed by atoms with van der Waals surface area (Å²) in [6.45, 7) is 5.07. The van der Waals surface area contributed by atoms with Gasteiger partial charge in [0.1, 0.15) is 0 Å². The highest BCUT2D eigenvalue weighted by molar-refractivity contribution is 5.83. The van der Waals surface area contributed by atoms with Crippen molar-refractivity contribution in [3.63, 3.8) is 0 Å². The molecule has 1 N–H and O–H groups in total. The minimum Gasteiger partial charge on any atom is -0.360 e. The topological polar surface area (TPSA) is 56.1 Å². The summed E-state index contributed by atoms with van der Waals surface area (Å²) in [7, 11) is 0. The van der Waals surface area contributed by atoms with E-state index in [0.29, 0.717) is 12.1 Å². The Labute approximate surface area is 101 Å². The van der Waals surface area contributed by atoms with Gasteiger partial charge in [-0.3, -0.25) is 4.79 Å². The number of nitrogens with zero attached hydrogens (tertiary/aromatic N) is 2. The van der Waals surface area contributed by atoms with E-state index in [9.17, 15) is 4.79 Å². The maximum absolute atomic E-state index is 11.6. The van der Waals surface area contributed by atoms with Gasteiger partial charge in [-0.25, -0.2) is 0 Å². The number of anilines is 1. The van der Waals surface area contributed by atoms with Crippen molar-refractivity contribution in [1.82, 2.24) is 5.32 Å². The van der Waals surface area contributed by atoms with Crippen LogP contribution in [0.3, 0.4) is 0 Å². The smallest absolute Gasteiger partial charge is 0.239 e. The molecule has 1 aromatic carbocycles. The van der Waals surface area contributed by atoms with Gasteiger partial charge in [0.25, 0.3) is 0 Å². The lowest BCUT2D eigenvalue weighted by molar-refractivity contribution is -0.122. The molecule has 1 fully saturated rings.